The Labute approximate surface area is 168 Å². The van der Waals surface area contributed by atoms with Gasteiger partial charge in [-0.3, -0.25) is 0 Å². The lowest BCUT2D eigenvalue weighted by Gasteiger charge is -2.27. The predicted molar refractivity (Wildman–Crippen MR) is 115 cm³/mol. The molecule has 2 atom stereocenters. The molecule has 3 heteroatoms. The first-order valence-electron chi connectivity index (χ1n) is 11.7. The Bertz CT molecular complexity index is 354. The van der Waals surface area contributed by atoms with Crippen LogP contribution in [0.5, 0.6) is 0 Å². The van der Waals surface area contributed by atoms with Gasteiger partial charge in [-0.25, -0.2) is 0 Å². The van der Waals surface area contributed by atoms with E-state index in [1.54, 1.807) is 0 Å². The van der Waals surface area contributed by atoms with E-state index in [1.807, 2.05) is 0 Å². The second-order valence-electron chi connectivity index (χ2n) is 8.91. The van der Waals surface area contributed by atoms with E-state index < -0.39 is 5.41 Å². The van der Waals surface area contributed by atoms with E-state index in [9.17, 15) is 15.3 Å². The quantitative estimate of drug-likeness (QED) is 0.226. The van der Waals surface area contributed by atoms with Crippen molar-refractivity contribution < 1.29 is 15.3 Å². The van der Waals surface area contributed by atoms with Gasteiger partial charge in [0.2, 0.25) is 0 Å². The molecule has 0 amide bonds. The van der Waals surface area contributed by atoms with Crippen molar-refractivity contribution in [2.24, 2.45) is 17.3 Å². The summed E-state index contributed by atoms with van der Waals surface area (Å²) in [5.74, 6) is 1.73. The largest absolute Gasteiger partial charge is 0.396 e. The molecular formula is C24H46O3. The highest BCUT2D eigenvalue weighted by molar-refractivity contribution is 4.94. The highest BCUT2D eigenvalue weighted by atomic mass is 16.3. The van der Waals surface area contributed by atoms with Gasteiger partial charge in [-0.2, -0.15) is 0 Å². The average Bonchev–Trinajstić information content (AvgIpc) is 3.14. The number of allylic oxidation sites excluding steroid dienone is 2. The van der Waals surface area contributed by atoms with Crippen molar-refractivity contribution >= 4 is 0 Å². The molecule has 1 fully saturated rings. The van der Waals surface area contributed by atoms with Gasteiger partial charge in [0.25, 0.3) is 0 Å². The molecule has 0 radical (unpaired) electrons. The fourth-order valence-electron chi connectivity index (χ4n) is 4.46. The fourth-order valence-corrected chi connectivity index (χ4v) is 4.46. The van der Waals surface area contributed by atoms with Gasteiger partial charge in [-0.05, 0) is 50.4 Å². The smallest absolute Gasteiger partial charge is 0.0531 e. The summed E-state index contributed by atoms with van der Waals surface area (Å²) in [4.78, 5) is 0. The molecule has 0 aromatic heterocycles. The van der Waals surface area contributed by atoms with Crippen LogP contribution in [0.2, 0.25) is 0 Å². The predicted octanol–water partition coefficient (Wildman–Crippen LogP) is 5.62. The van der Waals surface area contributed by atoms with E-state index in [2.05, 4.69) is 19.1 Å². The van der Waals surface area contributed by atoms with Crippen LogP contribution in [0.15, 0.2) is 12.2 Å². The standard InChI is InChI=1S/C24H46O3/c1-2-3-4-5-7-10-14-22-16-13-17-23(22)15-11-8-6-9-12-18-24(19-25,20-26)21-27/h10,14,22-23,25-27H,2-9,11-13,15-21H2,1H3/t22-,23-/m0/s1. The van der Waals surface area contributed by atoms with Gasteiger partial charge in [0.05, 0.1) is 19.8 Å². The molecule has 0 aromatic carbocycles. The average molecular weight is 383 g/mol. The Hall–Kier alpha value is -0.380. The van der Waals surface area contributed by atoms with Crippen LogP contribution < -0.4 is 0 Å². The summed E-state index contributed by atoms with van der Waals surface area (Å²) in [6, 6.07) is 0. The third kappa shape index (κ3) is 10.1. The van der Waals surface area contributed by atoms with Crippen molar-refractivity contribution in [3.05, 3.63) is 12.2 Å². The summed E-state index contributed by atoms with van der Waals surface area (Å²) in [5.41, 5.74) is -0.681. The summed E-state index contributed by atoms with van der Waals surface area (Å²) in [5, 5.41) is 28.1. The number of hydrogen-bond donors (Lipinski definition) is 3. The first-order chi connectivity index (χ1) is 13.2. The zero-order chi connectivity index (χ0) is 19.8. The summed E-state index contributed by atoms with van der Waals surface area (Å²) in [6.45, 7) is 1.88. The molecule has 1 rings (SSSR count). The minimum Gasteiger partial charge on any atom is -0.396 e. The highest BCUT2D eigenvalue weighted by Gasteiger charge is 2.27. The molecule has 0 aromatic rings. The molecule has 0 saturated heterocycles. The van der Waals surface area contributed by atoms with Crippen molar-refractivity contribution in [3.63, 3.8) is 0 Å². The lowest BCUT2D eigenvalue weighted by atomic mass is 9.85. The van der Waals surface area contributed by atoms with Gasteiger partial charge in [0.1, 0.15) is 0 Å². The van der Waals surface area contributed by atoms with E-state index in [0.717, 1.165) is 24.7 Å². The van der Waals surface area contributed by atoms with E-state index in [4.69, 9.17) is 0 Å². The molecule has 27 heavy (non-hydrogen) atoms. The van der Waals surface area contributed by atoms with Gasteiger partial charge in [-0.15, -0.1) is 0 Å². The molecule has 0 aliphatic heterocycles. The van der Waals surface area contributed by atoms with Crippen molar-refractivity contribution in [1.29, 1.82) is 0 Å². The minimum atomic E-state index is -0.681. The Balaban J connectivity index is 2.08. The van der Waals surface area contributed by atoms with Gasteiger partial charge in [-0.1, -0.05) is 76.9 Å². The Morgan fingerprint density at radius 3 is 2.19 bits per heavy atom. The summed E-state index contributed by atoms with van der Waals surface area (Å²) in [6.07, 6.45) is 23.9. The topological polar surface area (TPSA) is 60.7 Å². The van der Waals surface area contributed by atoms with Crippen LogP contribution in [0.1, 0.15) is 103 Å². The number of aliphatic hydroxyl groups is 3. The maximum Gasteiger partial charge on any atom is 0.0531 e. The van der Waals surface area contributed by atoms with Crippen LogP contribution in [-0.2, 0) is 0 Å². The Morgan fingerprint density at radius 2 is 1.48 bits per heavy atom. The van der Waals surface area contributed by atoms with Crippen LogP contribution in [-0.4, -0.2) is 35.1 Å². The van der Waals surface area contributed by atoms with Crippen molar-refractivity contribution in [2.75, 3.05) is 19.8 Å². The van der Waals surface area contributed by atoms with E-state index in [1.165, 1.54) is 77.0 Å². The normalized spacial score (nSPS) is 20.7. The first kappa shape index (κ1) is 24.7. The van der Waals surface area contributed by atoms with Gasteiger partial charge in [0, 0.05) is 5.41 Å². The molecular weight excluding hydrogens is 336 g/mol. The molecule has 3 N–H and O–H groups in total. The first-order valence-corrected chi connectivity index (χ1v) is 11.7. The lowest BCUT2D eigenvalue weighted by Crippen LogP contribution is -2.33. The summed E-state index contributed by atoms with van der Waals surface area (Å²) >= 11 is 0. The van der Waals surface area contributed by atoms with E-state index in [0.29, 0.717) is 6.42 Å². The molecule has 160 valence electrons. The maximum absolute atomic E-state index is 9.35. The van der Waals surface area contributed by atoms with E-state index in [-0.39, 0.29) is 19.8 Å². The van der Waals surface area contributed by atoms with Crippen LogP contribution in [0.3, 0.4) is 0 Å². The van der Waals surface area contributed by atoms with Gasteiger partial charge in [0.15, 0.2) is 0 Å². The molecule has 0 heterocycles. The molecule has 1 aliphatic rings. The van der Waals surface area contributed by atoms with Crippen molar-refractivity contribution in [3.8, 4) is 0 Å². The summed E-state index contributed by atoms with van der Waals surface area (Å²) < 4.78 is 0. The molecule has 3 nitrogen and oxygen atoms in total. The van der Waals surface area contributed by atoms with Crippen LogP contribution in [0, 0.1) is 17.3 Å². The molecule has 0 unspecified atom stereocenters. The third-order valence-corrected chi connectivity index (χ3v) is 6.61. The highest BCUT2D eigenvalue weighted by Crippen LogP contribution is 2.36. The van der Waals surface area contributed by atoms with Crippen molar-refractivity contribution in [1.82, 2.24) is 0 Å². The second-order valence-corrected chi connectivity index (χ2v) is 8.91. The maximum atomic E-state index is 9.35. The summed E-state index contributed by atoms with van der Waals surface area (Å²) in [7, 11) is 0. The fraction of sp³-hybridized carbons (Fsp3) is 0.917. The monoisotopic (exact) mass is 382 g/mol. The molecule has 0 bridgehead atoms. The minimum absolute atomic E-state index is 0.130. The van der Waals surface area contributed by atoms with Gasteiger partial charge >= 0.3 is 0 Å². The number of hydrogen-bond acceptors (Lipinski definition) is 3. The molecule has 1 saturated carbocycles. The zero-order valence-electron chi connectivity index (χ0n) is 17.9. The van der Waals surface area contributed by atoms with Crippen LogP contribution in [0.25, 0.3) is 0 Å². The SMILES string of the molecule is CCCCCCC=C[C@H]1CCC[C@@H]1CCCCCCCC(CO)(CO)CO. The van der Waals surface area contributed by atoms with Gasteiger partial charge < -0.3 is 15.3 Å². The van der Waals surface area contributed by atoms with Crippen LogP contribution >= 0.6 is 0 Å². The third-order valence-electron chi connectivity index (χ3n) is 6.61. The molecule has 0 spiro atoms. The Kier molecular flexibility index (Phi) is 14.2. The second kappa shape index (κ2) is 15.5. The molecule has 1 aliphatic carbocycles. The van der Waals surface area contributed by atoms with Crippen LogP contribution in [0.4, 0.5) is 0 Å². The Morgan fingerprint density at radius 1 is 0.815 bits per heavy atom. The number of unbranched alkanes of at least 4 members (excludes halogenated alkanes) is 8. The zero-order valence-corrected chi connectivity index (χ0v) is 17.9. The number of rotatable bonds is 17. The number of aliphatic hydroxyl groups excluding tert-OH is 3. The lowest BCUT2D eigenvalue weighted by molar-refractivity contribution is -0.00230. The van der Waals surface area contributed by atoms with Crippen molar-refractivity contribution in [2.45, 2.75) is 103 Å². The van der Waals surface area contributed by atoms with E-state index >= 15 is 0 Å².